The van der Waals surface area contributed by atoms with Gasteiger partial charge in [-0.15, -0.1) is 10.2 Å². The molecule has 2 aromatic carbocycles. The van der Waals surface area contributed by atoms with Gasteiger partial charge in [0.05, 0.1) is 0 Å². The van der Waals surface area contributed by atoms with Crippen molar-refractivity contribution in [2.45, 2.75) is 20.0 Å². The normalized spacial score (nSPS) is 10.4. The highest BCUT2D eigenvalue weighted by Crippen LogP contribution is 2.21. The van der Waals surface area contributed by atoms with Crippen molar-refractivity contribution < 1.29 is 13.9 Å². The van der Waals surface area contributed by atoms with Crippen molar-refractivity contribution in [3.63, 3.8) is 0 Å². The first-order valence-electron chi connectivity index (χ1n) is 8.05. The molecule has 0 fully saturated rings. The Morgan fingerprint density at radius 2 is 1.84 bits per heavy atom. The fraction of sp³-hybridized carbons (Fsp3) is 0.211. The van der Waals surface area contributed by atoms with Crippen LogP contribution in [-0.4, -0.2) is 22.8 Å². The number of aromatic nitrogens is 2. The molecule has 0 spiro atoms. The maximum Gasteiger partial charge on any atom is 0.407 e. The second-order valence-electron chi connectivity index (χ2n) is 5.55. The average Bonchev–Trinajstić information content (AvgIpc) is 3.10. The van der Waals surface area contributed by atoms with Crippen LogP contribution in [0.25, 0.3) is 11.5 Å². The molecule has 6 heteroatoms. The predicted octanol–water partition coefficient (Wildman–Crippen LogP) is 3.51. The zero-order valence-corrected chi connectivity index (χ0v) is 13.9. The summed E-state index contributed by atoms with van der Waals surface area (Å²) in [5.41, 5.74) is 2.93. The monoisotopic (exact) mass is 337 g/mol. The van der Waals surface area contributed by atoms with E-state index in [9.17, 15) is 4.79 Å². The number of nitrogens with zero attached hydrogens (tertiary/aromatic N) is 2. The molecule has 3 rings (SSSR count). The highest BCUT2D eigenvalue weighted by molar-refractivity contribution is 5.67. The minimum Gasteiger partial charge on any atom is -0.445 e. The minimum absolute atomic E-state index is 0.241. The van der Waals surface area contributed by atoms with E-state index in [4.69, 9.17) is 9.15 Å². The molecule has 0 radical (unpaired) electrons. The molecule has 1 N–H and O–H groups in total. The molecule has 1 amide bonds. The fourth-order valence-electron chi connectivity index (χ4n) is 2.32. The molecule has 0 aliphatic heterocycles. The number of amides is 1. The lowest BCUT2D eigenvalue weighted by Crippen LogP contribution is -2.26. The smallest absolute Gasteiger partial charge is 0.407 e. The van der Waals surface area contributed by atoms with Gasteiger partial charge in [0.15, 0.2) is 0 Å². The fourth-order valence-corrected chi connectivity index (χ4v) is 2.32. The van der Waals surface area contributed by atoms with Crippen LogP contribution in [0.15, 0.2) is 59.0 Å². The summed E-state index contributed by atoms with van der Waals surface area (Å²) in [4.78, 5) is 11.7. The van der Waals surface area contributed by atoms with Gasteiger partial charge in [0.1, 0.15) is 6.61 Å². The SMILES string of the molecule is Cc1ccccc1-c1nnc(CCNC(=O)OCc2ccccc2)o1. The van der Waals surface area contributed by atoms with Gasteiger partial charge in [0, 0.05) is 18.5 Å². The van der Waals surface area contributed by atoms with E-state index in [-0.39, 0.29) is 6.61 Å². The van der Waals surface area contributed by atoms with Gasteiger partial charge in [-0.2, -0.15) is 0 Å². The van der Waals surface area contributed by atoms with Crippen LogP contribution in [0.2, 0.25) is 0 Å². The second kappa shape index (κ2) is 8.10. The molecular weight excluding hydrogens is 318 g/mol. The molecule has 0 aliphatic rings. The van der Waals surface area contributed by atoms with Gasteiger partial charge in [0.25, 0.3) is 0 Å². The molecule has 0 saturated carbocycles. The van der Waals surface area contributed by atoms with Crippen molar-refractivity contribution in [1.29, 1.82) is 0 Å². The third-order valence-corrected chi connectivity index (χ3v) is 3.66. The first kappa shape index (κ1) is 16.7. The third-order valence-electron chi connectivity index (χ3n) is 3.66. The van der Waals surface area contributed by atoms with Crippen molar-refractivity contribution in [3.8, 4) is 11.5 Å². The largest absolute Gasteiger partial charge is 0.445 e. The summed E-state index contributed by atoms with van der Waals surface area (Å²) in [5, 5.41) is 10.7. The lowest BCUT2D eigenvalue weighted by atomic mass is 10.1. The van der Waals surface area contributed by atoms with Gasteiger partial charge >= 0.3 is 6.09 Å². The number of nitrogens with one attached hydrogen (secondary N) is 1. The predicted molar refractivity (Wildman–Crippen MR) is 92.8 cm³/mol. The second-order valence-corrected chi connectivity index (χ2v) is 5.55. The summed E-state index contributed by atoms with van der Waals surface area (Å²) in [6, 6.07) is 17.3. The number of hydrogen-bond acceptors (Lipinski definition) is 5. The Morgan fingerprint density at radius 3 is 2.64 bits per heavy atom. The van der Waals surface area contributed by atoms with Crippen LogP contribution in [0.1, 0.15) is 17.0 Å². The van der Waals surface area contributed by atoms with Gasteiger partial charge in [-0.3, -0.25) is 0 Å². The number of aryl methyl sites for hydroxylation is 1. The molecule has 1 heterocycles. The number of ether oxygens (including phenoxy) is 1. The van der Waals surface area contributed by atoms with Gasteiger partial charge in [0.2, 0.25) is 11.8 Å². The van der Waals surface area contributed by atoms with Crippen molar-refractivity contribution in [2.24, 2.45) is 0 Å². The number of hydrogen-bond donors (Lipinski definition) is 1. The Morgan fingerprint density at radius 1 is 1.08 bits per heavy atom. The quantitative estimate of drug-likeness (QED) is 0.745. The third kappa shape index (κ3) is 4.67. The van der Waals surface area contributed by atoms with Crippen LogP contribution in [0, 0.1) is 6.92 Å². The van der Waals surface area contributed by atoms with Crippen molar-refractivity contribution in [3.05, 3.63) is 71.6 Å². The Kier molecular flexibility index (Phi) is 5.41. The van der Waals surface area contributed by atoms with Gasteiger partial charge in [-0.25, -0.2) is 4.79 Å². The van der Waals surface area contributed by atoms with E-state index >= 15 is 0 Å². The molecule has 3 aromatic rings. The molecular formula is C19H19N3O3. The highest BCUT2D eigenvalue weighted by Gasteiger charge is 2.11. The van der Waals surface area contributed by atoms with E-state index in [0.29, 0.717) is 24.7 Å². The number of benzene rings is 2. The van der Waals surface area contributed by atoms with Crippen molar-refractivity contribution >= 4 is 6.09 Å². The van der Waals surface area contributed by atoms with Crippen LogP contribution in [-0.2, 0) is 17.8 Å². The van der Waals surface area contributed by atoms with E-state index in [1.807, 2.05) is 61.5 Å². The molecule has 0 unspecified atom stereocenters. The van der Waals surface area contributed by atoms with E-state index in [1.165, 1.54) is 0 Å². The lowest BCUT2D eigenvalue weighted by Gasteiger charge is -2.05. The van der Waals surface area contributed by atoms with Crippen molar-refractivity contribution in [1.82, 2.24) is 15.5 Å². The number of alkyl carbamates (subject to hydrolysis) is 1. The minimum atomic E-state index is -0.470. The summed E-state index contributed by atoms with van der Waals surface area (Å²) in [6.07, 6.45) is -0.0261. The van der Waals surface area contributed by atoms with Crippen LogP contribution in [0.5, 0.6) is 0 Å². The van der Waals surface area contributed by atoms with E-state index in [2.05, 4.69) is 15.5 Å². The van der Waals surface area contributed by atoms with Crippen molar-refractivity contribution in [2.75, 3.05) is 6.54 Å². The van der Waals surface area contributed by atoms with Crippen LogP contribution < -0.4 is 5.32 Å². The first-order valence-corrected chi connectivity index (χ1v) is 8.05. The number of carbonyl (C=O) groups excluding carboxylic acids is 1. The molecule has 0 bridgehead atoms. The number of rotatable bonds is 6. The van der Waals surface area contributed by atoms with E-state index < -0.39 is 6.09 Å². The summed E-state index contributed by atoms with van der Waals surface area (Å²) >= 11 is 0. The maximum atomic E-state index is 11.7. The van der Waals surface area contributed by atoms with Crippen LogP contribution >= 0.6 is 0 Å². The van der Waals surface area contributed by atoms with Gasteiger partial charge < -0.3 is 14.5 Å². The molecule has 128 valence electrons. The molecule has 0 saturated heterocycles. The molecule has 1 aromatic heterocycles. The summed E-state index contributed by atoms with van der Waals surface area (Å²) in [6.45, 7) is 2.59. The van der Waals surface area contributed by atoms with Gasteiger partial charge in [-0.05, 0) is 24.1 Å². The zero-order chi connectivity index (χ0) is 17.5. The van der Waals surface area contributed by atoms with E-state index in [0.717, 1.165) is 16.7 Å². The first-order chi connectivity index (χ1) is 12.2. The summed E-state index contributed by atoms with van der Waals surface area (Å²) in [5.74, 6) is 0.960. The molecule has 25 heavy (non-hydrogen) atoms. The molecule has 0 atom stereocenters. The number of carbonyl (C=O) groups is 1. The topological polar surface area (TPSA) is 77.2 Å². The Balaban J connectivity index is 1.45. The molecule has 6 nitrogen and oxygen atoms in total. The highest BCUT2D eigenvalue weighted by atomic mass is 16.5. The Bertz CT molecular complexity index is 831. The Hall–Kier alpha value is -3.15. The van der Waals surface area contributed by atoms with Crippen LogP contribution in [0.4, 0.5) is 4.79 Å². The average molecular weight is 337 g/mol. The zero-order valence-electron chi connectivity index (χ0n) is 13.9. The summed E-state index contributed by atoms with van der Waals surface area (Å²) < 4.78 is 10.8. The van der Waals surface area contributed by atoms with Gasteiger partial charge in [-0.1, -0.05) is 48.5 Å². The summed E-state index contributed by atoms with van der Waals surface area (Å²) in [7, 11) is 0. The lowest BCUT2D eigenvalue weighted by molar-refractivity contribution is 0.139. The molecule has 0 aliphatic carbocycles. The standard InChI is InChI=1S/C19H19N3O3/c1-14-7-5-6-10-16(14)18-22-21-17(25-18)11-12-20-19(23)24-13-15-8-3-2-4-9-15/h2-10H,11-13H2,1H3,(H,20,23). The maximum absolute atomic E-state index is 11.7. The van der Waals surface area contributed by atoms with E-state index in [1.54, 1.807) is 0 Å². The van der Waals surface area contributed by atoms with Crippen LogP contribution in [0.3, 0.4) is 0 Å². The Labute approximate surface area is 145 Å².